The molecule has 4 nitrogen and oxygen atoms in total. The molecule has 26 heavy (non-hydrogen) atoms. The van der Waals surface area contributed by atoms with Crippen LogP contribution < -0.4 is 0 Å². The van der Waals surface area contributed by atoms with Crippen LogP contribution in [0.15, 0.2) is 79.1 Å². The number of hydrogen-bond acceptors (Lipinski definition) is 3. The van der Waals surface area contributed by atoms with Gasteiger partial charge < -0.3 is 9.14 Å². The number of aromatic nitrogens is 2. The third-order valence-electron chi connectivity index (χ3n) is 4.28. The second-order valence-corrected chi connectivity index (χ2v) is 5.95. The first-order valence-electron chi connectivity index (χ1n) is 8.56. The Balaban J connectivity index is 1.80. The molecule has 0 N–H and O–H groups in total. The van der Waals surface area contributed by atoms with E-state index < -0.39 is 0 Å². The number of nitrogens with zero attached hydrogens (tertiary/aromatic N) is 2. The average Bonchev–Trinajstić information content (AvgIpc) is 3.12. The van der Waals surface area contributed by atoms with Gasteiger partial charge in [-0.15, -0.1) is 0 Å². The molecule has 0 saturated heterocycles. The Kier molecular flexibility index (Phi) is 4.23. The number of carbonyl (C=O) groups is 1. The number of hydrogen-bond donors (Lipinski definition) is 0. The van der Waals surface area contributed by atoms with E-state index in [9.17, 15) is 4.79 Å². The van der Waals surface area contributed by atoms with E-state index in [1.807, 2.05) is 73.1 Å². The van der Waals surface area contributed by atoms with Crippen molar-refractivity contribution in [2.45, 2.75) is 6.92 Å². The van der Waals surface area contributed by atoms with E-state index in [4.69, 9.17) is 4.74 Å². The van der Waals surface area contributed by atoms with Gasteiger partial charge in [0.25, 0.3) is 0 Å². The molecule has 128 valence electrons. The van der Waals surface area contributed by atoms with Crippen molar-refractivity contribution < 1.29 is 9.53 Å². The van der Waals surface area contributed by atoms with Gasteiger partial charge in [-0.3, -0.25) is 4.98 Å². The molecule has 0 aliphatic carbocycles. The first-order chi connectivity index (χ1) is 12.8. The maximum Gasteiger partial charge on any atom is 0.338 e. The molecular weight excluding hydrogens is 324 g/mol. The highest BCUT2D eigenvalue weighted by atomic mass is 16.5. The van der Waals surface area contributed by atoms with Crippen LogP contribution in [-0.2, 0) is 4.74 Å². The van der Waals surface area contributed by atoms with Crippen LogP contribution in [0, 0.1) is 0 Å². The van der Waals surface area contributed by atoms with Crippen molar-refractivity contribution in [2.75, 3.05) is 6.61 Å². The van der Waals surface area contributed by atoms with E-state index >= 15 is 0 Å². The van der Waals surface area contributed by atoms with E-state index in [-0.39, 0.29) is 5.97 Å². The van der Waals surface area contributed by atoms with E-state index in [0.717, 1.165) is 28.0 Å². The Morgan fingerprint density at radius 2 is 1.81 bits per heavy atom. The second kappa shape index (κ2) is 6.84. The monoisotopic (exact) mass is 342 g/mol. The molecule has 2 aromatic heterocycles. The molecule has 0 saturated carbocycles. The maximum atomic E-state index is 12.0. The zero-order valence-electron chi connectivity index (χ0n) is 14.4. The zero-order valence-corrected chi connectivity index (χ0v) is 14.4. The number of fused-ring (bicyclic) bond motifs is 1. The molecule has 0 amide bonds. The van der Waals surface area contributed by atoms with E-state index in [2.05, 4.69) is 9.38 Å². The highest BCUT2D eigenvalue weighted by Crippen LogP contribution is 2.26. The lowest BCUT2D eigenvalue weighted by Gasteiger charge is -2.08. The molecule has 4 aromatic rings. The van der Waals surface area contributed by atoms with Crippen LogP contribution in [0.2, 0.25) is 0 Å². The lowest BCUT2D eigenvalue weighted by Crippen LogP contribution is -2.04. The third kappa shape index (κ3) is 2.97. The fourth-order valence-electron chi connectivity index (χ4n) is 3.02. The first kappa shape index (κ1) is 16.1. The summed E-state index contributed by atoms with van der Waals surface area (Å²) < 4.78 is 7.21. The largest absolute Gasteiger partial charge is 0.462 e. The Morgan fingerprint density at radius 1 is 1.00 bits per heavy atom. The van der Waals surface area contributed by atoms with Crippen LogP contribution in [0.4, 0.5) is 0 Å². The molecule has 2 heterocycles. The molecule has 0 unspecified atom stereocenters. The van der Waals surface area contributed by atoms with Gasteiger partial charge in [0.1, 0.15) is 0 Å². The fraction of sp³-hybridized carbons (Fsp3) is 0.0909. The quantitative estimate of drug-likeness (QED) is 0.498. The van der Waals surface area contributed by atoms with Gasteiger partial charge in [0.2, 0.25) is 0 Å². The lowest BCUT2D eigenvalue weighted by atomic mass is 10.1. The van der Waals surface area contributed by atoms with Crippen molar-refractivity contribution in [3.8, 4) is 22.5 Å². The third-order valence-corrected chi connectivity index (χ3v) is 4.28. The van der Waals surface area contributed by atoms with Crippen LogP contribution in [0.1, 0.15) is 17.3 Å². The molecule has 0 bridgehead atoms. The van der Waals surface area contributed by atoms with Gasteiger partial charge in [-0.1, -0.05) is 42.5 Å². The van der Waals surface area contributed by atoms with Gasteiger partial charge in [-0.05, 0) is 36.8 Å². The van der Waals surface area contributed by atoms with Crippen LogP contribution in [0.25, 0.3) is 28.0 Å². The Hall–Kier alpha value is -3.40. The molecule has 0 radical (unpaired) electrons. The summed E-state index contributed by atoms with van der Waals surface area (Å²) in [5.41, 5.74) is 5.48. The smallest absolute Gasteiger partial charge is 0.338 e. The minimum Gasteiger partial charge on any atom is -0.462 e. The second-order valence-electron chi connectivity index (χ2n) is 5.95. The Labute approximate surface area is 151 Å². The summed E-state index contributed by atoms with van der Waals surface area (Å²) in [6, 6.07) is 21.6. The maximum absolute atomic E-state index is 12.0. The molecule has 0 aliphatic rings. The normalized spacial score (nSPS) is 10.8. The number of benzene rings is 2. The minimum absolute atomic E-state index is 0.304. The number of ether oxygens (including phenoxy) is 1. The van der Waals surface area contributed by atoms with Crippen LogP contribution >= 0.6 is 0 Å². The van der Waals surface area contributed by atoms with Gasteiger partial charge in [0.05, 0.1) is 35.3 Å². The fourth-order valence-corrected chi connectivity index (χ4v) is 3.02. The molecule has 0 spiro atoms. The van der Waals surface area contributed by atoms with Crippen molar-refractivity contribution >= 4 is 11.5 Å². The van der Waals surface area contributed by atoms with E-state index in [0.29, 0.717) is 12.2 Å². The van der Waals surface area contributed by atoms with E-state index in [1.165, 1.54) is 0 Å². The first-order valence-corrected chi connectivity index (χ1v) is 8.56. The molecule has 2 aromatic carbocycles. The summed E-state index contributed by atoms with van der Waals surface area (Å²) in [4.78, 5) is 16.6. The molecule has 0 fully saturated rings. The summed E-state index contributed by atoms with van der Waals surface area (Å²) in [6.07, 6.45) is 3.89. The van der Waals surface area contributed by atoms with Crippen LogP contribution in [0.5, 0.6) is 0 Å². The Bertz CT molecular complexity index is 1070. The number of esters is 1. The predicted octanol–water partition coefficient (Wildman–Crippen LogP) is 4.85. The van der Waals surface area contributed by atoms with Gasteiger partial charge in [-0.25, -0.2) is 4.79 Å². The topological polar surface area (TPSA) is 43.6 Å². The summed E-state index contributed by atoms with van der Waals surface area (Å²) in [5, 5.41) is 0. The lowest BCUT2D eigenvalue weighted by molar-refractivity contribution is 0.0526. The van der Waals surface area contributed by atoms with Crippen molar-refractivity contribution in [1.29, 1.82) is 0 Å². The Morgan fingerprint density at radius 3 is 2.62 bits per heavy atom. The number of carbonyl (C=O) groups excluding carboxylic acids is 1. The molecule has 4 rings (SSSR count). The standard InChI is InChI=1S/C22H18N2O2/c1-2-26-22(25)18-10-6-9-17(13-18)21-12-11-19-14-23-20(15-24(19)21)16-7-4-3-5-8-16/h3-15H,2H2,1H3. The van der Waals surface area contributed by atoms with Gasteiger partial charge in [0, 0.05) is 11.8 Å². The minimum atomic E-state index is -0.304. The average molecular weight is 342 g/mol. The molecule has 0 aliphatic heterocycles. The SMILES string of the molecule is CCOC(=O)c1cccc(-c2ccc3cnc(-c4ccccc4)cn23)c1. The molecular formula is C22H18N2O2. The molecule has 0 atom stereocenters. The van der Waals surface area contributed by atoms with Crippen molar-refractivity contribution in [2.24, 2.45) is 0 Å². The predicted molar refractivity (Wildman–Crippen MR) is 102 cm³/mol. The van der Waals surface area contributed by atoms with E-state index in [1.54, 1.807) is 13.0 Å². The highest BCUT2D eigenvalue weighted by molar-refractivity contribution is 5.91. The summed E-state index contributed by atoms with van der Waals surface area (Å²) >= 11 is 0. The van der Waals surface area contributed by atoms with Crippen molar-refractivity contribution in [1.82, 2.24) is 9.38 Å². The van der Waals surface area contributed by atoms with Gasteiger partial charge in [-0.2, -0.15) is 0 Å². The summed E-state index contributed by atoms with van der Waals surface area (Å²) in [7, 11) is 0. The highest BCUT2D eigenvalue weighted by Gasteiger charge is 2.11. The van der Waals surface area contributed by atoms with Crippen molar-refractivity contribution in [3.63, 3.8) is 0 Å². The van der Waals surface area contributed by atoms with Gasteiger partial charge >= 0.3 is 5.97 Å². The van der Waals surface area contributed by atoms with Crippen LogP contribution in [0.3, 0.4) is 0 Å². The zero-order chi connectivity index (χ0) is 17.9. The van der Waals surface area contributed by atoms with Gasteiger partial charge in [0.15, 0.2) is 0 Å². The number of rotatable bonds is 4. The van der Waals surface area contributed by atoms with Crippen molar-refractivity contribution in [3.05, 3.63) is 84.7 Å². The van der Waals surface area contributed by atoms with Crippen LogP contribution in [-0.4, -0.2) is 22.0 Å². The summed E-state index contributed by atoms with van der Waals surface area (Å²) in [6.45, 7) is 2.17. The molecule has 4 heteroatoms. The summed E-state index contributed by atoms with van der Waals surface area (Å²) in [5.74, 6) is -0.304.